The molecule has 5 aromatic rings. The van der Waals surface area contributed by atoms with E-state index in [1.807, 2.05) is 44.2 Å². The predicted octanol–water partition coefficient (Wildman–Crippen LogP) is 8.03. The van der Waals surface area contributed by atoms with Crippen LogP contribution in [0.4, 0.5) is 31.7 Å². The predicted molar refractivity (Wildman–Crippen MR) is 202 cm³/mol. The fourth-order valence-electron chi connectivity index (χ4n) is 7.59. The number of amides is 3. The average Bonchev–Trinajstić information content (AvgIpc) is 3.38. The molecule has 2 fully saturated rings. The van der Waals surface area contributed by atoms with Crippen molar-refractivity contribution >= 4 is 51.9 Å². The lowest BCUT2D eigenvalue weighted by Gasteiger charge is -2.53. The largest absolute Gasteiger partial charge is 0.381 e. The molecule has 12 heteroatoms. The summed E-state index contributed by atoms with van der Waals surface area (Å²) < 4.78 is 34.2. The quantitative estimate of drug-likeness (QED) is 0.183. The third-order valence-electron chi connectivity index (χ3n) is 10.5. The molecule has 270 valence electrons. The minimum Gasteiger partial charge on any atom is -0.381 e. The van der Waals surface area contributed by atoms with Gasteiger partial charge < -0.3 is 25.2 Å². The van der Waals surface area contributed by atoms with Crippen LogP contribution >= 0.6 is 11.3 Å². The molecule has 8 rings (SSSR count). The van der Waals surface area contributed by atoms with E-state index in [1.54, 1.807) is 35.4 Å². The first kappa shape index (κ1) is 34.6. The highest BCUT2D eigenvalue weighted by Gasteiger charge is 2.45. The van der Waals surface area contributed by atoms with Crippen LogP contribution in [0.2, 0.25) is 0 Å². The van der Waals surface area contributed by atoms with Crippen LogP contribution in [0.15, 0.2) is 79.0 Å². The van der Waals surface area contributed by atoms with Crippen LogP contribution in [-0.2, 0) is 11.2 Å². The SMILES string of the molecule is Cc1cnc(N2CC3(CCOCC3)C2)c(C(=O)Nc2ccc(C(=O)N3CCc4c(sc(C(=O)Nc5c(F)cccc5F)c4C)-c4ccccc43)cc2)c1. The first-order valence-corrected chi connectivity index (χ1v) is 18.4. The zero-order chi connectivity index (χ0) is 36.9. The summed E-state index contributed by atoms with van der Waals surface area (Å²) in [6.07, 6.45) is 4.28. The highest BCUT2D eigenvalue weighted by Crippen LogP contribution is 2.45. The minimum atomic E-state index is -0.854. The number of nitrogens with one attached hydrogen (secondary N) is 2. The molecule has 0 aliphatic carbocycles. The normalized spacial score (nSPS) is 15.9. The van der Waals surface area contributed by atoms with Gasteiger partial charge in [0.2, 0.25) is 0 Å². The fourth-order valence-corrected chi connectivity index (χ4v) is 8.88. The second-order valence-corrected chi connectivity index (χ2v) is 15.0. The number of thiophene rings is 1. The molecule has 5 heterocycles. The van der Waals surface area contributed by atoms with E-state index < -0.39 is 23.2 Å². The van der Waals surface area contributed by atoms with Gasteiger partial charge in [0.15, 0.2) is 0 Å². The lowest BCUT2D eigenvalue weighted by Crippen LogP contribution is -2.59. The Balaban J connectivity index is 0.991. The fraction of sp³-hybridized carbons (Fsp3) is 0.268. The second-order valence-electron chi connectivity index (χ2n) is 14.0. The van der Waals surface area contributed by atoms with Gasteiger partial charge in [0.1, 0.15) is 23.1 Å². The van der Waals surface area contributed by atoms with Crippen LogP contribution in [0, 0.1) is 30.9 Å². The summed E-state index contributed by atoms with van der Waals surface area (Å²) in [5.74, 6) is -2.10. The van der Waals surface area contributed by atoms with E-state index in [2.05, 4.69) is 20.5 Å². The van der Waals surface area contributed by atoms with Gasteiger partial charge in [-0.1, -0.05) is 24.3 Å². The molecule has 53 heavy (non-hydrogen) atoms. The van der Waals surface area contributed by atoms with Crippen molar-refractivity contribution in [3.8, 4) is 10.4 Å². The molecule has 3 aromatic carbocycles. The Morgan fingerprint density at radius 3 is 2.34 bits per heavy atom. The molecular weight excluding hydrogens is 697 g/mol. The van der Waals surface area contributed by atoms with Gasteiger partial charge in [0, 0.05) is 66.2 Å². The van der Waals surface area contributed by atoms with E-state index in [0.29, 0.717) is 51.7 Å². The number of hydrogen-bond acceptors (Lipinski definition) is 7. The third-order valence-corrected chi connectivity index (χ3v) is 11.9. The molecule has 2 N–H and O–H groups in total. The molecule has 1 spiro atoms. The number of rotatable bonds is 6. The van der Waals surface area contributed by atoms with Crippen LogP contribution < -0.4 is 20.4 Å². The van der Waals surface area contributed by atoms with Crippen molar-refractivity contribution in [2.24, 2.45) is 5.41 Å². The molecule has 3 aliphatic rings. The van der Waals surface area contributed by atoms with Gasteiger partial charge >= 0.3 is 0 Å². The van der Waals surface area contributed by atoms with Crippen LogP contribution in [0.5, 0.6) is 0 Å². The molecule has 9 nitrogen and oxygen atoms in total. The van der Waals surface area contributed by atoms with Crippen molar-refractivity contribution in [1.29, 1.82) is 0 Å². The van der Waals surface area contributed by atoms with Crippen LogP contribution in [0.3, 0.4) is 0 Å². The molecule has 0 unspecified atom stereocenters. The Morgan fingerprint density at radius 1 is 0.887 bits per heavy atom. The molecule has 2 saturated heterocycles. The summed E-state index contributed by atoms with van der Waals surface area (Å²) in [4.78, 5) is 50.7. The maximum absolute atomic E-state index is 14.3. The maximum atomic E-state index is 14.3. The number of fused-ring (bicyclic) bond motifs is 3. The number of aryl methyl sites for hydroxylation is 1. The van der Waals surface area contributed by atoms with Gasteiger partial charge in [-0.3, -0.25) is 14.4 Å². The smallest absolute Gasteiger partial charge is 0.266 e. The third kappa shape index (κ3) is 6.46. The van der Waals surface area contributed by atoms with E-state index in [-0.39, 0.29) is 17.2 Å². The molecule has 0 bridgehead atoms. The van der Waals surface area contributed by atoms with Crippen molar-refractivity contribution in [3.63, 3.8) is 0 Å². The average molecular weight is 734 g/mol. The lowest BCUT2D eigenvalue weighted by molar-refractivity contribution is -0.000511. The maximum Gasteiger partial charge on any atom is 0.266 e. The summed E-state index contributed by atoms with van der Waals surface area (Å²) >= 11 is 1.24. The number of carbonyl (C=O) groups is 3. The Labute approximate surface area is 309 Å². The van der Waals surface area contributed by atoms with Crippen molar-refractivity contribution in [1.82, 2.24) is 4.98 Å². The van der Waals surface area contributed by atoms with Gasteiger partial charge in [-0.05, 0) is 98.3 Å². The standard InChI is InChI=1S/C41H37F2N5O4S/c1-24-20-30(37(44-21-24)47-22-41(23-47)15-18-52-19-16-41)38(49)45-27-12-10-26(11-13-27)40(51)48-17-14-28-25(2)35(53-36(28)29-6-3-4-9-33(29)48)39(50)46-34-31(42)7-5-8-32(34)43/h3-13,20-21H,14-19,22-23H2,1-2H3,(H,45,49)(H,46,50). The zero-order valence-corrected chi connectivity index (χ0v) is 30.1. The Hall–Kier alpha value is -5.46. The van der Waals surface area contributed by atoms with E-state index >= 15 is 0 Å². The molecule has 2 aromatic heterocycles. The minimum absolute atomic E-state index is 0.207. The van der Waals surface area contributed by atoms with E-state index in [9.17, 15) is 23.2 Å². The summed E-state index contributed by atoms with van der Waals surface area (Å²) in [7, 11) is 0. The second kappa shape index (κ2) is 13.8. The summed E-state index contributed by atoms with van der Waals surface area (Å²) in [5, 5.41) is 5.40. The first-order valence-electron chi connectivity index (χ1n) is 17.6. The first-order chi connectivity index (χ1) is 25.6. The number of anilines is 4. The van der Waals surface area contributed by atoms with Crippen molar-refractivity contribution in [3.05, 3.63) is 123 Å². The van der Waals surface area contributed by atoms with Gasteiger partial charge in [0.05, 0.1) is 16.1 Å². The lowest BCUT2D eigenvalue weighted by atomic mass is 9.73. The Morgan fingerprint density at radius 2 is 1.60 bits per heavy atom. The summed E-state index contributed by atoms with van der Waals surface area (Å²) in [6.45, 7) is 7.31. The monoisotopic (exact) mass is 733 g/mol. The van der Waals surface area contributed by atoms with Gasteiger partial charge in [-0.2, -0.15) is 0 Å². The molecule has 0 saturated carbocycles. The van der Waals surface area contributed by atoms with Gasteiger partial charge in [0.25, 0.3) is 17.7 Å². The molecule has 3 aliphatic heterocycles. The molecular formula is C41H37F2N5O4S. The topological polar surface area (TPSA) is 104 Å². The Bertz CT molecular complexity index is 2240. The van der Waals surface area contributed by atoms with Crippen molar-refractivity contribution in [2.45, 2.75) is 33.1 Å². The summed E-state index contributed by atoms with van der Waals surface area (Å²) in [5.41, 5.74) is 5.22. The number of ether oxygens (including phenoxy) is 1. The van der Waals surface area contributed by atoms with E-state index in [4.69, 9.17) is 4.74 Å². The van der Waals surface area contributed by atoms with Crippen LogP contribution in [0.1, 0.15) is 59.9 Å². The van der Waals surface area contributed by atoms with Crippen LogP contribution in [0.25, 0.3) is 10.4 Å². The van der Waals surface area contributed by atoms with Crippen LogP contribution in [-0.4, -0.2) is 55.6 Å². The summed E-state index contributed by atoms with van der Waals surface area (Å²) in [6, 6.07) is 19.7. The number of aromatic nitrogens is 1. The highest BCUT2D eigenvalue weighted by atomic mass is 32.1. The zero-order valence-electron chi connectivity index (χ0n) is 29.3. The Kier molecular flexibility index (Phi) is 9.03. The number of benzene rings is 3. The molecule has 0 atom stereocenters. The number of nitrogens with zero attached hydrogens (tertiary/aromatic N) is 3. The van der Waals surface area contributed by atoms with Gasteiger partial charge in [-0.15, -0.1) is 11.3 Å². The molecule has 0 radical (unpaired) electrons. The highest BCUT2D eigenvalue weighted by molar-refractivity contribution is 7.18. The van der Waals surface area contributed by atoms with Crippen molar-refractivity contribution in [2.75, 3.05) is 53.3 Å². The van der Waals surface area contributed by atoms with E-state index in [1.165, 1.54) is 17.4 Å². The molecule has 3 amide bonds. The van der Waals surface area contributed by atoms with E-state index in [0.717, 1.165) is 72.8 Å². The van der Waals surface area contributed by atoms with Gasteiger partial charge in [-0.25, -0.2) is 13.8 Å². The number of para-hydroxylation sites is 2. The number of pyridine rings is 1. The number of hydrogen-bond donors (Lipinski definition) is 2. The van der Waals surface area contributed by atoms with Crippen molar-refractivity contribution < 1.29 is 27.9 Å². The number of halogens is 2. The number of carbonyl (C=O) groups excluding carboxylic acids is 3.